The predicted molar refractivity (Wildman–Crippen MR) is 157 cm³/mol. The minimum Gasteiger partial charge on any atom is -0.462 e. The number of ether oxygens (including phenoxy) is 1. The van der Waals surface area contributed by atoms with Gasteiger partial charge in [0.05, 0.1) is 5.69 Å². The number of aromatic amines is 1. The van der Waals surface area contributed by atoms with Crippen molar-refractivity contribution in [1.29, 1.82) is 0 Å². The van der Waals surface area contributed by atoms with Crippen LogP contribution < -0.4 is 20.9 Å². The molecule has 0 saturated carbocycles. The Balaban J connectivity index is 1.53. The lowest BCUT2D eigenvalue weighted by Gasteiger charge is -2.19. The summed E-state index contributed by atoms with van der Waals surface area (Å²) >= 11 is 0. The highest BCUT2D eigenvalue weighted by Gasteiger charge is 2.16. The van der Waals surface area contributed by atoms with E-state index >= 15 is 0 Å². The van der Waals surface area contributed by atoms with Crippen LogP contribution in [0.2, 0.25) is 0 Å². The van der Waals surface area contributed by atoms with Gasteiger partial charge in [-0.2, -0.15) is 10.1 Å². The van der Waals surface area contributed by atoms with Gasteiger partial charge < -0.3 is 20.3 Å². The first-order chi connectivity index (χ1) is 19.0. The molecule has 0 fully saturated rings. The van der Waals surface area contributed by atoms with E-state index in [1.807, 2.05) is 68.4 Å². The molecule has 0 atom stereocenters. The van der Waals surface area contributed by atoms with Crippen molar-refractivity contribution in [2.45, 2.75) is 33.1 Å². The van der Waals surface area contributed by atoms with Gasteiger partial charge in [0.1, 0.15) is 18.1 Å². The van der Waals surface area contributed by atoms with Crippen LogP contribution in [0.1, 0.15) is 42.3 Å². The lowest BCUT2D eigenvalue weighted by Crippen LogP contribution is -2.20. The molecule has 0 aliphatic heterocycles. The van der Waals surface area contributed by atoms with Gasteiger partial charge in [0.2, 0.25) is 0 Å². The van der Waals surface area contributed by atoms with Gasteiger partial charge in [-0.3, -0.25) is 9.59 Å². The highest BCUT2D eigenvalue weighted by atomic mass is 16.5. The molecule has 4 aromatic rings. The lowest BCUT2D eigenvalue weighted by molar-refractivity contribution is 0.102. The minimum absolute atomic E-state index is 0.00670. The number of benzene rings is 2. The molecule has 0 spiro atoms. The second kappa shape index (κ2) is 12.1. The molecule has 4 rings (SSSR count). The second-order valence-electron chi connectivity index (χ2n) is 10.8. The van der Waals surface area contributed by atoms with Gasteiger partial charge in [-0.25, -0.2) is 10.1 Å². The Morgan fingerprint density at radius 3 is 2.50 bits per heavy atom. The standard InChI is InChI=1S/C30H35N7O3/c1-19-22(8-7-9-23(19)33-27(38)20-10-12-21(13-11-20)30(2,3)4)24-18-25(28(39)36-35-24)32-26-14-15-31-29(34-26)40-17-16-37(5)6/h7-15,18H,16-17H2,1-6H3,(H,33,38)(H,36,39)(H,31,32,34,35). The zero-order valence-electron chi connectivity index (χ0n) is 23.7. The molecule has 10 nitrogen and oxygen atoms in total. The van der Waals surface area contributed by atoms with Crippen molar-refractivity contribution in [2.75, 3.05) is 37.9 Å². The summed E-state index contributed by atoms with van der Waals surface area (Å²) in [6, 6.07) is 16.7. The van der Waals surface area contributed by atoms with Crippen LogP contribution in [0.4, 0.5) is 17.2 Å². The molecule has 0 aliphatic rings. The summed E-state index contributed by atoms with van der Waals surface area (Å²) in [5, 5.41) is 12.8. The van der Waals surface area contributed by atoms with E-state index in [0.29, 0.717) is 29.4 Å². The number of likely N-dealkylation sites (N-methyl/N-ethyl adjacent to an activating group) is 1. The molecule has 2 aromatic carbocycles. The third-order valence-corrected chi connectivity index (χ3v) is 6.34. The summed E-state index contributed by atoms with van der Waals surface area (Å²) in [6.07, 6.45) is 1.56. The summed E-state index contributed by atoms with van der Waals surface area (Å²) in [5.74, 6) is 0.206. The molecule has 2 heterocycles. The second-order valence-corrected chi connectivity index (χ2v) is 10.8. The first kappa shape index (κ1) is 28.4. The number of nitrogens with zero attached hydrogens (tertiary/aromatic N) is 4. The van der Waals surface area contributed by atoms with Crippen molar-refractivity contribution < 1.29 is 9.53 Å². The smallest absolute Gasteiger partial charge is 0.318 e. The monoisotopic (exact) mass is 541 g/mol. The number of aromatic nitrogens is 4. The molecule has 2 aromatic heterocycles. The van der Waals surface area contributed by atoms with Gasteiger partial charge in [0.25, 0.3) is 11.5 Å². The van der Waals surface area contributed by atoms with Crippen LogP contribution in [-0.2, 0) is 5.41 Å². The van der Waals surface area contributed by atoms with Crippen molar-refractivity contribution in [3.8, 4) is 17.3 Å². The summed E-state index contributed by atoms with van der Waals surface area (Å²) in [4.78, 5) is 36.0. The molecule has 3 N–H and O–H groups in total. The fraction of sp³-hybridized carbons (Fsp3) is 0.300. The van der Waals surface area contributed by atoms with E-state index in [1.54, 1.807) is 18.3 Å². The summed E-state index contributed by atoms with van der Waals surface area (Å²) in [6.45, 7) is 9.46. The fourth-order valence-corrected chi connectivity index (χ4v) is 3.94. The number of hydrogen-bond acceptors (Lipinski definition) is 8. The van der Waals surface area contributed by atoms with Gasteiger partial charge in [0, 0.05) is 29.6 Å². The van der Waals surface area contributed by atoms with Crippen molar-refractivity contribution >= 4 is 23.1 Å². The summed E-state index contributed by atoms with van der Waals surface area (Å²) in [7, 11) is 3.90. The predicted octanol–water partition coefficient (Wildman–Crippen LogP) is 4.77. The number of amides is 1. The average Bonchev–Trinajstić information content (AvgIpc) is 2.91. The van der Waals surface area contributed by atoms with Crippen LogP contribution in [0, 0.1) is 6.92 Å². The van der Waals surface area contributed by atoms with Gasteiger partial charge in [-0.05, 0) is 67.9 Å². The summed E-state index contributed by atoms with van der Waals surface area (Å²) in [5.41, 5.74) is 4.34. The number of carbonyl (C=O) groups excluding carboxylic acids is 1. The molecule has 0 unspecified atom stereocenters. The Hall–Kier alpha value is -4.57. The van der Waals surface area contributed by atoms with Crippen LogP contribution >= 0.6 is 0 Å². The molecule has 208 valence electrons. The molecular formula is C30H35N7O3. The third kappa shape index (κ3) is 7.09. The van der Waals surface area contributed by atoms with Gasteiger partial charge in [-0.15, -0.1) is 0 Å². The van der Waals surface area contributed by atoms with Gasteiger partial charge >= 0.3 is 6.01 Å². The van der Waals surface area contributed by atoms with Crippen LogP contribution in [0.3, 0.4) is 0 Å². The number of H-pyrrole nitrogens is 1. The van der Waals surface area contributed by atoms with Crippen molar-refractivity contribution in [3.05, 3.63) is 87.8 Å². The van der Waals surface area contributed by atoms with E-state index in [4.69, 9.17) is 4.74 Å². The van der Waals surface area contributed by atoms with Crippen LogP contribution in [0.15, 0.2) is 65.6 Å². The van der Waals surface area contributed by atoms with Gasteiger partial charge in [-0.1, -0.05) is 45.0 Å². The molecule has 40 heavy (non-hydrogen) atoms. The van der Waals surface area contributed by atoms with Gasteiger partial charge in [0.15, 0.2) is 0 Å². The maximum absolute atomic E-state index is 13.0. The molecular weight excluding hydrogens is 506 g/mol. The van der Waals surface area contributed by atoms with Crippen molar-refractivity contribution in [2.24, 2.45) is 0 Å². The highest BCUT2D eigenvalue weighted by Crippen LogP contribution is 2.29. The summed E-state index contributed by atoms with van der Waals surface area (Å²) < 4.78 is 5.59. The van der Waals surface area contributed by atoms with E-state index in [2.05, 4.69) is 51.6 Å². The maximum Gasteiger partial charge on any atom is 0.318 e. The normalized spacial score (nSPS) is 11.4. The topological polar surface area (TPSA) is 125 Å². The number of rotatable bonds is 9. The molecule has 0 radical (unpaired) electrons. The van der Waals surface area contributed by atoms with E-state index in [-0.39, 0.29) is 23.0 Å². The molecule has 1 amide bonds. The Kier molecular flexibility index (Phi) is 8.59. The number of hydrogen-bond donors (Lipinski definition) is 3. The molecule has 0 aliphatic carbocycles. The lowest BCUT2D eigenvalue weighted by atomic mass is 9.86. The van der Waals surface area contributed by atoms with Crippen molar-refractivity contribution in [3.63, 3.8) is 0 Å². The van der Waals surface area contributed by atoms with E-state index in [1.165, 1.54) is 0 Å². The first-order valence-electron chi connectivity index (χ1n) is 13.0. The zero-order valence-corrected chi connectivity index (χ0v) is 23.7. The number of anilines is 3. The first-order valence-corrected chi connectivity index (χ1v) is 13.0. The highest BCUT2D eigenvalue weighted by molar-refractivity contribution is 6.05. The zero-order chi connectivity index (χ0) is 28.9. The Labute approximate surface area is 233 Å². The minimum atomic E-state index is -0.404. The van der Waals surface area contributed by atoms with Crippen LogP contribution in [0.5, 0.6) is 6.01 Å². The SMILES string of the molecule is Cc1c(NC(=O)c2ccc(C(C)(C)C)cc2)cccc1-c1cc(Nc2ccnc(OCCN(C)C)n2)c(=O)[nH]n1. The van der Waals surface area contributed by atoms with E-state index < -0.39 is 5.56 Å². The number of nitrogens with one attached hydrogen (secondary N) is 3. The Morgan fingerprint density at radius 2 is 1.80 bits per heavy atom. The van der Waals surface area contributed by atoms with E-state index in [9.17, 15) is 9.59 Å². The average molecular weight is 542 g/mol. The number of carbonyl (C=O) groups is 1. The third-order valence-electron chi connectivity index (χ3n) is 6.34. The molecule has 0 saturated heterocycles. The largest absolute Gasteiger partial charge is 0.462 e. The Bertz CT molecular complexity index is 1540. The maximum atomic E-state index is 13.0. The van der Waals surface area contributed by atoms with E-state index in [0.717, 1.165) is 23.2 Å². The fourth-order valence-electron chi connectivity index (χ4n) is 3.94. The quantitative estimate of drug-likeness (QED) is 0.277. The Morgan fingerprint density at radius 1 is 1.05 bits per heavy atom. The van der Waals surface area contributed by atoms with Crippen LogP contribution in [0.25, 0.3) is 11.3 Å². The van der Waals surface area contributed by atoms with Crippen molar-refractivity contribution in [1.82, 2.24) is 25.1 Å². The molecule has 0 bridgehead atoms. The van der Waals surface area contributed by atoms with Crippen LogP contribution in [-0.4, -0.2) is 58.2 Å². The molecule has 10 heteroatoms.